The largest absolute Gasteiger partial charge is 0.459 e. The molecular formula is C21H26ClN3O5S. The van der Waals surface area contributed by atoms with E-state index in [0.717, 1.165) is 19.3 Å². The zero-order chi connectivity index (χ0) is 22.8. The number of rotatable bonds is 6. The molecule has 2 heterocycles. The molecule has 1 saturated heterocycles. The van der Waals surface area contributed by atoms with E-state index in [0.29, 0.717) is 18.1 Å². The fourth-order valence-electron chi connectivity index (χ4n) is 3.41. The van der Waals surface area contributed by atoms with Gasteiger partial charge in [-0.25, -0.2) is 9.00 Å². The molecule has 0 unspecified atom stereocenters. The zero-order valence-electron chi connectivity index (χ0n) is 17.8. The van der Waals surface area contributed by atoms with E-state index < -0.39 is 27.0 Å². The Kier molecular flexibility index (Phi) is 7.06. The van der Waals surface area contributed by atoms with Gasteiger partial charge in [-0.3, -0.25) is 14.3 Å². The predicted molar refractivity (Wildman–Crippen MR) is 120 cm³/mol. The SMILES string of the molecule is CCn1[nH]cc(C(=O)c2ccc(C(=O)OC(C)C)c(N=S3(=O)CCCCC3)c2Cl)c1=O. The second kappa shape index (κ2) is 9.40. The molecule has 1 aromatic heterocycles. The summed E-state index contributed by atoms with van der Waals surface area (Å²) in [6, 6.07) is 2.76. The Hall–Kier alpha value is -2.39. The zero-order valence-corrected chi connectivity index (χ0v) is 19.3. The third-order valence-corrected chi connectivity index (χ3v) is 7.76. The summed E-state index contributed by atoms with van der Waals surface area (Å²) in [4.78, 5) is 38.1. The predicted octanol–water partition coefficient (Wildman–Crippen LogP) is 3.93. The molecular weight excluding hydrogens is 442 g/mol. The van der Waals surface area contributed by atoms with Crippen LogP contribution in [0.1, 0.15) is 66.3 Å². The van der Waals surface area contributed by atoms with Gasteiger partial charge in [0, 0.05) is 29.8 Å². The van der Waals surface area contributed by atoms with Crippen molar-refractivity contribution in [1.29, 1.82) is 0 Å². The van der Waals surface area contributed by atoms with Crippen LogP contribution in [0.2, 0.25) is 5.02 Å². The van der Waals surface area contributed by atoms with Gasteiger partial charge in [0.2, 0.25) is 5.78 Å². The van der Waals surface area contributed by atoms with E-state index >= 15 is 0 Å². The Labute approximate surface area is 186 Å². The Balaban J connectivity index is 2.17. The monoisotopic (exact) mass is 467 g/mol. The number of aryl methyl sites for hydroxylation is 1. The molecule has 0 saturated carbocycles. The number of ether oxygens (including phenoxy) is 1. The van der Waals surface area contributed by atoms with E-state index in [1.165, 1.54) is 23.0 Å². The van der Waals surface area contributed by atoms with Gasteiger partial charge in [-0.1, -0.05) is 18.0 Å². The normalized spacial score (nSPS) is 15.6. The molecule has 31 heavy (non-hydrogen) atoms. The minimum absolute atomic E-state index is 0.0136. The molecule has 1 fully saturated rings. The van der Waals surface area contributed by atoms with E-state index in [-0.39, 0.29) is 33.5 Å². The minimum Gasteiger partial charge on any atom is -0.459 e. The Morgan fingerprint density at radius 1 is 1.19 bits per heavy atom. The average Bonchev–Trinajstić information content (AvgIpc) is 3.09. The van der Waals surface area contributed by atoms with Crippen molar-refractivity contribution < 1.29 is 18.5 Å². The third-order valence-electron chi connectivity index (χ3n) is 5.01. The fraction of sp³-hybridized carbons (Fsp3) is 0.476. The molecule has 0 aliphatic carbocycles. The number of nitrogens with zero attached hydrogens (tertiary/aromatic N) is 2. The van der Waals surface area contributed by atoms with Crippen LogP contribution in [0.5, 0.6) is 0 Å². The molecule has 10 heteroatoms. The lowest BCUT2D eigenvalue weighted by Crippen LogP contribution is -2.21. The first-order chi connectivity index (χ1) is 14.7. The molecule has 0 bridgehead atoms. The van der Waals surface area contributed by atoms with Crippen LogP contribution in [0.3, 0.4) is 0 Å². The summed E-state index contributed by atoms with van der Waals surface area (Å²) in [5.74, 6) is -0.459. The number of H-pyrrole nitrogens is 1. The van der Waals surface area contributed by atoms with Crippen molar-refractivity contribution in [3.05, 3.63) is 50.4 Å². The maximum absolute atomic E-state index is 13.3. The van der Waals surface area contributed by atoms with Gasteiger partial charge in [-0.05, 0) is 45.7 Å². The van der Waals surface area contributed by atoms with Crippen molar-refractivity contribution in [1.82, 2.24) is 9.78 Å². The van der Waals surface area contributed by atoms with Crippen molar-refractivity contribution in [2.45, 2.75) is 52.7 Å². The highest BCUT2D eigenvalue weighted by Crippen LogP contribution is 2.36. The number of benzene rings is 1. The van der Waals surface area contributed by atoms with Crippen molar-refractivity contribution in [3.8, 4) is 0 Å². The van der Waals surface area contributed by atoms with Crippen molar-refractivity contribution in [3.63, 3.8) is 0 Å². The summed E-state index contributed by atoms with van der Waals surface area (Å²) < 4.78 is 24.2. The highest BCUT2D eigenvalue weighted by molar-refractivity contribution is 7.93. The molecule has 8 nitrogen and oxygen atoms in total. The number of ketones is 1. The van der Waals surface area contributed by atoms with E-state index in [4.69, 9.17) is 16.3 Å². The molecule has 1 aliphatic heterocycles. The van der Waals surface area contributed by atoms with Gasteiger partial charge in [0.05, 0.1) is 26.4 Å². The van der Waals surface area contributed by atoms with Crippen molar-refractivity contribution in [2.75, 3.05) is 11.5 Å². The number of carbonyl (C=O) groups excluding carboxylic acids is 2. The maximum atomic E-state index is 13.3. The van der Waals surface area contributed by atoms with Gasteiger partial charge in [0.1, 0.15) is 11.3 Å². The van der Waals surface area contributed by atoms with E-state index in [2.05, 4.69) is 9.46 Å². The van der Waals surface area contributed by atoms with Crippen molar-refractivity contribution in [2.24, 2.45) is 4.36 Å². The molecule has 0 radical (unpaired) electrons. The van der Waals surface area contributed by atoms with Gasteiger partial charge in [0.25, 0.3) is 5.56 Å². The van der Waals surface area contributed by atoms with Crippen LogP contribution in [0, 0.1) is 0 Å². The minimum atomic E-state index is -2.62. The number of hydrogen-bond donors (Lipinski definition) is 1. The molecule has 168 valence electrons. The number of carbonyl (C=O) groups is 2. The van der Waals surface area contributed by atoms with Crippen LogP contribution < -0.4 is 5.56 Å². The van der Waals surface area contributed by atoms with Gasteiger partial charge >= 0.3 is 5.97 Å². The second-order valence-electron chi connectivity index (χ2n) is 7.68. The number of aromatic amines is 1. The van der Waals surface area contributed by atoms with Gasteiger partial charge in [-0.2, -0.15) is 4.36 Å². The fourth-order valence-corrected chi connectivity index (χ4v) is 5.98. The van der Waals surface area contributed by atoms with Crippen LogP contribution in [-0.4, -0.2) is 43.4 Å². The summed E-state index contributed by atoms with van der Waals surface area (Å²) in [7, 11) is -2.62. The topological polar surface area (TPSA) is 111 Å². The summed E-state index contributed by atoms with van der Waals surface area (Å²) >= 11 is 6.55. The van der Waals surface area contributed by atoms with Crippen LogP contribution in [0.15, 0.2) is 27.5 Å². The quantitative estimate of drug-likeness (QED) is 0.511. The Morgan fingerprint density at radius 2 is 1.84 bits per heavy atom. The molecule has 0 atom stereocenters. The van der Waals surface area contributed by atoms with Gasteiger partial charge < -0.3 is 9.84 Å². The summed E-state index contributed by atoms with van der Waals surface area (Å²) in [6.45, 7) is 5.56. The van der Waals surface area contributed by atoms with Crippen LogP contribution in [-0.2, 0) is 21.0 Å². The van der Waals surface area contributed by atoms with Gasteiger partial charge in [0.15, 0.2) is 0 Å². The van der Waals surface area contributed by atoms with Crippen LogP contribution in [0.4, 0.5) is 5.69 Å². The molecule has 0 amide bonds. The van der Waals surface area contributed by atoms with E-state index in [9.17, 15) is 18.6 Å². The number of aromatic nitrogens is 2. The lowest BCUT2D eigenvalue weighted by atomic mass is 10.0. The van der Waals surface area contributed by atoms with Crippen molar-refractivity contribution >= 4 is 38.8 Å². The summed E-state index contributed by atoms with van der Waals surface area (Å²) in [5.41, 5.74) is -0.503. The standard InChI is InChI=1S/C21H26ClN3O5S/c1-4-25-20(27)16(12-23-25)19(26)14-8-9-15(21(28)30-13(2)3)18(17(14)22)24-31(29)10-6-5-7-11-31/h8-9,12-13,23H,4-7,10-11H2,1-3H3. The summed E-state index contributed by atoms with van der Waals surface area (Å²) in [5, 5.41) is 2.62. The van der Waals surface area contributed by atoms with Gasteiger partial charge in [-0.15, -0.1) is 0 Å². The number of hydrogen-bond acceptors (Lipinski definition) is 6. The third kappa shape index (κ3) is 4.93. The lowest BCUT2D eigenvalue weighted by molar-refractivity contribution is 0.0379. The molecule has 3 rings (SSSR count). The Morgan fingerprint density at radius 3 is 2.42 bits per heavy atom. The second-order valence-corrected chi connectivity index (χ2v) is 10.6. The van der Waals surface area contributed by atoms with E-state index in [1.54, 1.807) is 20.8 Å². The maximum Gasteiger partial charge on any atom is 0.340 e. The molecule has 1 aliphatic rings. The first-order valence-electron chi connectivity index (χ1n) is 10.3. The first kappa shape index (κ1) is 23.3. The number of halogens is 1. The number of esters is 1. The average molecular weight is 468 g/mol. The number of nitrogens with one attached hydrogen (secondary N) is 1. The molecule has 0 spiro atoms. The molecule has 1 aromatic carbocycles. The highest BCUT2D eigenvalue weighted by atomic mass is 35.5. The summed E-state index contributed by atoms with van der Waals surface area (Å²) in [6.07, 6.45) is 3.45. The smallest absolute Gasteiger partial charge is 0.340 e. The van der Waals surface area contributed by atoms with Crippen LogP contribution >= 0.6 is 11.6 Å². The molecule has 2 aromatic rings. The van der Waals surface area contributed by atoms with E-state index in [1.807, 2.05) is 0 Å². The van der Waals surface area contributed by atoms with Crippen LogP contribution in [0.25, 0.3) is 0 Å². The lowest BCUT2D eigenvalue weighted by Gasteiger charge is -2.18. The molecule has 1 N–H and O–H groups in total. The Bertz CT molecular complexity index is 1180. The first-order valence-corrected chi connectivity index (χ1v) is 12.5. The highest BCUT2D eigenvalue weighted by Gasteiger charge is 2.26.